The van der Waals surface area contributed by atoms with E-state index in [1.807, 2.05) is 44.4 Å². The number of aromatic nitrogens is 2. The molecule has 1 aliphatic heterocycles. The zero-order valence-corrected chi connectivity index (χ0v) is 24.8. The molecular formula is C39H31BN2O2. The van der Waals surface area contributed by atoms with Crippen LogP contribution in [-0.4, -0.2) is 22.7 Å². The molecule has 7 rings (SSSR count). The molecule has 0 spiro atoms. The highest BCUT2D eigenvalue weighted by molar-refractivity contribution is 6.62. The zero-order chi connectivity index (χ0) is 30.1. The largest absolute Gasteiger partial charge is 0.563 e. The molecule has 0 N–H and O–H groups in total. The Morgan fingerprint density at radius 3 is 1.36 bits per heavy atom. The fraction of sp³-hybridized carbons (Fsp3) is 0.0769. The van der Waals surface area contributed by atoms with Crippen LogP contribution in [0.25, 0.3) is 55.6 Å². The molecule has 1 fully saturated rings. The molecule has 0 aliphatic carbocycles. The number of benzene rings is 4. The highest BCUT2D eigenvalue weighted by atomic mass is 16.7. The lowest BCUT2D eigenvalue weighted by Gasteiger charge is -2.16. The molecule has 0 amide bonds. The lowest BCUT2D eigenvalue weighted by atomic mass is 9.78. The minimum Gasteiger partial charge on any atom is -0.534 e. The second kappa shape index (κ2) is 11.4. The molecule has 4 nitrogen and oxygen atoms in total. The maximum Gasteiger partial charge on any atom is 0.563 e. The van der Waals surface area contributed by atoms with Gasteiger partial charge in [-0.05, 0) is 106 Å². The first kappa shape index (κ1) is 27.6. The summed E-state index contributed by atoms with van der Waals surface area (Å²) < 4.78 is 12.2. The summed E-state index contributed by atoms with van der Waals surface area (Å²) in [4.78, 5) is 8.66. The van der Waals surface area contributed by atoms with Gasteiger partial charge in [0.1, 0.15) is 5.60 Å². The van der Waals surface area contributed by atoms with Gasteiger partial charge >= 0.3 is 7.12 Å². The number of hydrogen-bond donors (Lipinski definition) is 0. The van der Waals surface area contributed by atoms with Crippen molar-refractivity contribution >= 4 is 12.6 Å². The zero-order valence-electron chi connectivity index (χ0n) is 24.8. The van der Waals surface area contributed by atoms with E-state index in [1.54, 1.807) is 12.4 Å². The van der Waals surface area contributed by atoms with Crippen molar-refractivity contribution in [2.75, 3.05) is 0 Å². The van der Waals surface area contributed by atoms with E-state index in [9.17, 15) is 0 Å². The second-order valence-electron chi connectivity index (χ2n) is 11.6. The Hall–Kier alpha value is -5.26. The summed E-state index contributed by atoms with van der Waals surface area (Å²) in [7, 11) is -0.493. The number of nitrogens with zero attached hydrogens (tertiary/aromatic N) is 2. The summed E-state index contributed by atoms with van der Waals surface area (Å²) >= 11 is 0. The van der Waals surface area contributed by atoms with Gasteiger partial charge in [-0.25, -0.2) is 0 Å². The second-order valence-corrected chi connectivity index (χ2v) is 11.6. The average Bonchev–Trinajstić information content (AvgIpc) is 3.37. The van der Waals surface area contributed by atoms with Crippen LogP contribution in [0.1, 0.15) is 13.8 Å². The first-order chi connectivity index (χ1) is 21.4. The first-order valence-electron chi connectivity index (χ1n) is 14.7. The van der Waals surface area contributed by atoms with Gasteiger partial charge in [-0.15, -0.1) is 0 Å². The van der Waals surface area contributed by atoms with Crippen molar-refractivity contribution in [3.63, 3.8) is 0 Å². The van der Waals surface area contributed by atoms with Gasteiger partial charge in [-0.1, -0.05) is 79.4 Å². The SMILES string of the molecule is C=C1OB(c2cccc(-c3cc(-c4cccc(-c5cccnc5)c4)cc(-c4cccc(-c5cccnc5)c4)c3)c2)OC1(C)C. The molecule has 0 atom stereocenters. The predicted octanol–water partition coefficient (Wildman–Crippen LogP) is 8.85. The van der Waals surface area contributed by atoms with Gasteiger partial charge in [-0.2, -0.15) is 0 Å². The monoisotopic (exact) mass is 570 g/mol. The molecule has 0 unspecified atom stereocenters. The molecule has 212 valence electrons. The van der Waals surface area contributed by atoms with Crippen molar-refractivity contribution < 1.29 is 9.31 Å². The fourth-order valence-corrected chi connectivity index (χ4v) is 5.58. The predicted molar refractivity (Wildman–Crippen MR) is 180 cm³/mol. The maximum absolute atomic E-state index is 6.20. The highest BCUT2D eigenvalue weighted by Gasteiger charge is 2.42. The van der Waals surface area contributed by atoms with Crippen molar-refractivity contribution in [1.82, 2.24) is 9.97 Å². The van der Waals surface area contributed by atoms with E-state index >= 15 is 0 Å². The third kappa shape index (κ3) is 5.58. The third-order valence-corrected chi connectivity index (χ3v) is 8.13. The molecule has 0 saturated carbocycles. The molecule has 6 aromatic rings. The molecule has 1 aliphatic rings. The third-order valence-electron chi connectivity index (χ3n) is 8.13. The topological polar surface area (TPSA) is 44.2 Å². The van der Waals surface area contributed by atoms with Gasteiger partial charge in [0.05, 0.1) is 5.76 Å². The van der Waals surface area contributed by atoms with Crippen LogP contribution in [0.4, 0.5) is 0 Å². The minimum absolute atomic E-state index is 0.493. The molecule has 5 heteroatoms. The summed E-state index contributed by atoms with van der Waals surface area (Å²) in [5.41, 5.74) is 11.6. The van der Waals surface area contributed by atoms with Crippen LogP contribution in [0.15, 0.2) is 152 Å². The molecular weight excluding hydrogens is 539 g/mol. The van der Waals surface area contributed by atoms with E-state index in [0.717, 1.165) is 61.1 Å². The van der Waals surface area contributed by atoms with Gasteiger partial charge in [0.15, 0.2) is 0 Å². The van der Waals surface area contributed by atoms with Crippen LogP contribution in [0.5, 0.6) is 0 Å². The quantitative estimate of drug-likeness (QED) is 0.188. The van der Waals surface area contributed by atoms with Gasteiger partial charge in [-0.3, -0.25) is 9.97 Å². The van der Waals surface area contributed by atoms with E-state index in [-0.39, 0.29) is 0 Å². The van der Waals surface area contributed by atoms with E-state index < -0.39 is 12.7 Å². The number of hydrogen-bond acceptors (Lipinski definition) is 4. The number of pyridine rings is 2. The lowest BCUT2D eigenvalue weighted by molar-refractivity contribution is 0.173. The van der Waals surface area contributed by atoms with Crippen LogP contribution < -0.4 is 5.46 Å². The molecule has 3 heterocycles. The van der Waals surface area contributed by atoms with Crippen LogP contribution in [-0.2, 0) is 9.31 Å². The van der Waals surface area contributed by atoms with Crippen LogP contribution in [0.2, 0.25) is 0 Å². The number of rotatable bonds is 6. The Morgan fingerprint density at radius 1 is 0.523 bits per heavy atom. The molecule has 0 radical (unpaired) electrons. The Kier molecular flexibility index (Phi) is 7.17. The normalized spacial score (nSPS) is 14.0. The van der Waals surface area contributed by atoms with Crippen molar-refractivity contribution in [2.45, 2.75) is 19.4 Å². The van der Waals surface area contributed by atoms with Crippen molar-refractivity contribution in [2.24, 2.45) is 0 Å². The van der Waals surface area contributed by atoms with E-state index in [0.29, 0.717) is 5.76 Å². The minimum atomic E-state index is -0.535. The molecule has 4 aromatic carbocycles. The Balaban J connectivity index is 1.35. The summed E-state index contributed by atoms with van der Waals surface area (Å²) in [6.07, 6.45) is 7.41. The summed E-state index contributed by atoms with van der Waals surface area (Å²) in [6.45, 7) is 8.02. The summed E-state index contributed by atoms with van der Waals surface area (Å²) in [6, 6.07) is 40.6. The average molecular weight is 571 g/mol. The van der Waals surface area contributed by atoms with Gasteiger partial charge in [0.2, 0.25) is 0 Å². The maximum atomic E-state index is 6.20. The molecule has 1 saturated heterocycles. The first-order valence-corrected chi connectivity index (χ1v) is 14.7. The van der Waals surface area contributed by atoms with Gasteiger partial charge in [0.25, 0.3) is 0 Å². The summed E-state index contributed by atoms with van der Waals surface area (Å²) in [5.74, 6) is 0.638. The van der Waals surface area contributed by atoms with Crippen molar-refractivity contribution in [3.05, 3.63) is 152 Å². The van der Waals surface area contributed by atoms with Gasteiger partial charge < -0.3 is 9.31 Å². The molecule has 44 heavy (non-hydrogen) atoms. The van der Waals surface area contributed by atoms with Crippen LogP contribution in [0, 0.1) is 0 Å². The Labute approximate surface area is 258 Å². The van der Waals surface area contributed by atoms with Crippen molar-refractivity contribution in [3.8, 4) is 55.6 Å². The molecule has 0 bridgehead atoms. The van der Waals surface area contributed by atoms with E-state index in [2.05, 4.69) is 114 Å². The lowest BCUT2D eigenvalue weighted by Crippen LogP contribution is -2.34. The smallest absolute Gasteiger partial charge is 0.534 e. The fourth-order valence-electron chi connectivity index (χ4n) is 5.58. The standard InChI is InChI=1S/C39H31BN2O2/c1-27-39(2,3)44-40(43-27)38-16-6-13-32(24-38)37-22-35(30-11-4-9-28(19-30)33-14-7-17-41-25-33)21-36(23-37)31-12-5-10-29(20-31)34-15-8-18-42-26-34/h4-26H,1H2,2-3H3. The summed E-state index contributed by atoms with van der Waals surface area (Å²) in [5, 5.41) is 0. The van der Waals surface area contributed by atoms with E-state index in [4.69, 9.17) is 9.31 Å². The Bertz CT molecular complexity index is 1870. The van der Waals surface area contributed by atoms with Crippen molar-refractivity contribution in [1.29, 1.82) is 0 Å². The Morgan fingerprint density at radius 2 is 0.932 bits per heavy atom. The van der Waals surface area contributed by atoms with Crippen LogP contribution in [0.3, 0.4) is 0 Å². The van der Waals surface area contributed by atoms with Gasteiger partial charge in [0, 0.05) is 35.9 Å². The molecule has 2 aromatic heterocycles. The van der Waals surface area contributed by atoms with E-state index in [1.165, 1.54) is 0 Å². The van der Waals surface area contributed by atoms with Crippen LogP contribution >= 0.6 is 0 Å². The highest BCUT2D eigenvalue weighted by Crippen LogP contribution is 2.36.